The summed E-state index contributed by atoms with van der Waals surface area (Å²) in [6.07, 6.45) is 0.895. The lowest BCUT2D eigenvalue weighted by molar-refractivity contribution is 0.415. The van der Waals surface area contributed by atoms with E-state index in [9.17, 15) is 8.78 Å². The molecule has 0 radical (unpaired) electrons. The zero-order valence-corrected chi connectivity index (χ0v) is 8.95. The van der Waals surface area contributed by atoms with Crippen molar-refractivity contribution in [3.05, 3.63) is 41.6 Å². The standard InChI is InChI=1S/C11H9F2N3O/c1-6-2-3-7(12)4-9(6)17-10-8(13)5-15-11(14)16-10/h2-5H,1H3,(H2,14,15,16). The number of aromatic nitrogens is 2. The zero-order chi connectivity index (χ0) is 12.4. The number of ether oxygens (including phenoxy) is 1. The maximum absolute atomic E-state index is 13.3. The largest absolute Gasteiger partial charge is 0.436 e. The Labute approximate surface area is 96.1 Å². The Balaban J connectivity index is 2.37. The monoisotopic (exact) mass is 237 g/mol. The van der Waals surface area contributed by atoms with Crippen LogP contribution in [0.5, 0.6) is 11.6 Å². The predicted octanol–water partition coefficient (Wildman–Crippen LogP) is 2.44. The second kappa shape index (κ2) is 4.32. The highest BCUT2D eigenvalue weighted by Gasteiger charge is 2.10. The minimum absolute atomic E-state index is 0.115. The van der Waals surface area contributed by atoms with Gasteiger partial charge in [0, 0.05) is 6.07 Å². The van der Waals surface area contributed by atoms with Gasteiger partial charge in [0.15, 0.2) is 0 Å². The fraction of sp³-hybridized carbons (Fsp3) is 0.0909. The molecule has 6 heteroatoms. The highest BCUT2D eigenvalue weighted by molar-refractivity contribution is 5.36. The summed E-state index contributed by atoms with van der Waals surface area (Å²) in [5.41, 5.74) is 5.96. The first-order chi connectivity index (χ1) is 8.06. The second-order valence-corrected chi connectivity index (χ2v) is 3.39. The maximum Gasteiger partial charge on any atom is 0.260 e. The molecule has 4 nitrogen and oxygen atoms in total. The van der Waals surface area contributed by atoms with Crippen LogP contribution in [0.25, 0.3) is 0 Å². The first-order valence-corrected chi connectivity index (χ1v) is 4.78. The van der Waals surface area contributed by atoms with Crippen molar-refractivity contribution in [1.82, 2.24) is 9.97 Å². The van der Waals surface area contributed by atoms with Crippen LogP contribution in [0, 0.1) is 18.6 Å². The molecule has 17 heavy (non-hydrogen) atoms. The van der Waals surface area contributed by atoms with E-state index in [1.807, 2.05) is 0 Å². The van der Waals surface area contributed by atoms with E-state index in [-0.39, 0.29) is 17.6 Å². The Kier molecular flexibility index (Phi) is 2.86. The average Bonchev–Trinajstić information content (AvgIpc) is 2.28. The van der Waals surface area contributed by atoms with Crippen LogP contribution in [0.3, 0.4) is 0 Å². The summed E-state index contributed by atoms with van der Waals surface area (Å²) in [6, 6.07) is 3.95. The maximum atomic E-state index is 13.3. The number of halogens is 2. The third kappa shape index (κ3) is 2.47. The topological polar surface area (TPSA) is 61.0 Å². The summed E-state index contributed by atoms with van der Waals surface area (Å²) >= 11 is 0. The van der Waals surface area contributed by atoms with E-state index in [1.165, 1.54) is 12.1 Å². The number of aryl methyl sites for hydroxylation is 1. The van der Waals surface area contributed by atoms with Crippen molar-refractivity contribution in [2.45, 2.75) is 6.92 Å². The molecule has 2 aromatic rings. The molecule has 2 N–H and O–H groups in total. The van der Waals surface area contributed by atoms with Crippen molar-refractivity contribution in [2.24, 2.45) is 0 Å². The molecule has 0 bridgehead atoms. The molecule has 0 spiro atoms. The lowest BCUT2D eigenvalue weighted by Crippen LogP contribution is -2.00. The number of anilines is 1. The van der Waals surface area contributed by atoms with Gasteiger partial charge < -0.3 is 10.5 Å². The third-order valence-electron chi connectivity index (χ3n) is 2.09. The molecular formula is C11H9F2N3O. The fourth-order valence-corrected chi connectivity index (χ4v) is 1.22. The lowest BCUT2D eigenvalue weighted by atomic mass is 10.2. The molecule has 0 atom stereocenters. The Hall–Kier alpha value is -2.24. The minimum Gasteiger partial charge on any atom is -0.436 e. The summed E-state index contributed by atoms with van der Waals surface area (Å²) in [7, 11) is 0. The van der Waals surface area contributed by atoms with Crippen molar-refractivity contribution < 1.29 is 13.5 Å². The molecule has 0 fully saturated rings. The molecule has 0 aliphatic rings. The van der Waals surface area contributed by atoms with E-state index >= 15 is 0 Å². The van der Waals surface area contributed by atoms with Gasteiger partial charge in [-0.25, -0.2) is 9.37 Å². The molecule has 1 aromatic carbocycles. The van der Waals surface area contributed by atoms with E-state index in [1.54, 1.807) is 6.92 Å². The highest BCUT2D eigenvalue weighted by atomic mass is 19.1. The van der Waals surface area contributed by atoms with Gasteiger partial charge in [0.25, 0.3) is 5.88 Å². The van der Waals surface area contributed by atoms with E-state index in [2.05, 4.69) is 9.97 Å². The van der Waals surface area contributed by atoms with Gasteiger partial charge in [0.05, 0.1) is 6.20 Å². The number of nitrogens with zero attached hydrogens (tertiary/aromatic N) is 2. The van der Waals surface area contributed by atoms with Crippen molar-refractivity contribution in [2.75, 3.05) is 5.73 Å². The van der Waals surface area contributed by atoms with Gasteiger partial charge in [0.2, 0.25) is 11.8 Å². The lowest BCUT2D eigenvalue weighted by Gasteiger charge is -2.08. The van der Waals surface area contributed by atoms with Gasteiger partial charge in [0.1, 0.15) is 11.6 Å². The van der Waals surface area contributed by atoms with E-state index in [4.69, 9.17) is 10.5 Å². The molecule has 0 saturated carbocycles. The molecule has 0 saturated heterocycles. The molecule has 0 unspecified atom stereocenters. The summed E-state index contributed by atoms with van der Waals surface area (Å²) < 4.78 is 31.4. The molecule has 0 aliphatic carbocycles. The van der Waals surface area contributed by atoms with Crippen LogP contribution in [0.1, 0.15) is 5.56 Å². The fourth-order valence-electron chi connectivity index (χ4n) is 1.22. The van der Waals surface area contributed by atoms with Gasteiger partial charge in [-0.15, -0.1) is 0 Å². The quantitative estimate of drug-likeness (QED) is 0.871. The van der Waals surface area contributed by atoms with Gasteiger partial charge in [-0.05, 0) is 18.6 Å². The number of nitrogens with two attached hydrogens (primary N) is 1. The molecule has 1 heterocycles. The summed E-state index contributed by atoms with van der Waals surface area (Å²) in [6.45, 7) is 1.71. The Morgan fingerprint density at radius 1 is 1.29 bits per heavy atom. The summed E-state index contributed by atoms with van der Waals surface area (Å²) in [5.74, 6) is -1.50. The summed E-state index contributed by atoms with van der Waals surface area (Å²) in [5, 5.41) is 0. The molecule has 1 aromatic heterocycles. The normalized spacial score (nSPS) is 10.3. The predicted molar refractivity (Wildman–Crippen MR) is 57.6 cm³/mol. The number of nitrogen functional groups attached to an aromatic ring is 1. The second-order valence-electron chi connectivity index (χ2n) is 3.39. The molecule has 0 amide bonds. The Bertz CT molecular complexity index is 511. The van der Waals surface area contributed by atoms with Crippen LogP contribution < -0.4 is 10.5 Å². The third-order valence-corrected chi connectivity index (χ3v) is 2.09. The van der Waals surface area contributed by atoms with Crippen LogP contribution in [0.15, 0.2) is 24.4 Å². The first-order valence-electron chi connectivity index (χ1n) is 4.78. The van der Waals surface area contributed by atoms with Crippen LogP contribution in [0.4, 0.5) is 14.7 Å². The molecule has 0 aliphatic heterocycles. The van der Waals surface area contributed by atoms with E-state index in [0.717, 1.165) is 12.3 Å². The van der Waals surface area contributed by atoms with Crippen LogP contribution in [-0.2, 0) is 0 Å². The van der Waals surface area contributed by atoms with Crippen LogP contribution in [0.2, 0.25) is 0 Å². The average molecular weight is 237 g/mol. The van der Waals surface area contributed by atoms with Gasteiger partial charge in [-0.2, -0.15) is 9.37 Å². The summed E-state index contributed by atoms with van der Waals surface area (Å²) in [4.78, 5) is 7.04. The minimum atomic E-state index is -0.761. The number of hydrogen-bond acceptors (Lipinski definition) is 4. The van der Waals surface area contributed by atoms with Crippen molar-refractivity contribution in [3.63, 3.8) is 0 Å². The van der Waals surface area contributed by atoms with Gasteiger partial charge >= 0.3 is 0 Å². The van der Waals surface area contributed by atoms with Crippen LogP contribution in [-0.4, -0.2) is 9.97 Å². The smallest absolute Gasteiger partial charge is 0.260 e. The number of benzene rings is 1. The Morgan fingerprint density at radius 3 is 2.82 bits per heavy atom. The van der Waals surface area contributed by atoms with Gasteiger partial charge in [-0.3, -0.25) is 0 Å². The van der Waals surface area contributed by atoms with Crippen molar-refractivity contribution in [3.8, 4) is 11.6 Å². The van der Waals surface area contributed by atoms with E-state index < -0.39 is 11.6 Å². The van der Waals surface area contributed by atoms with Crippen molar-refractivity contribution >= 4 is 5.95 Å². The molecule has 88 valence electrons. The van der Waals surface area contributed by atoms with Gasteiger partial charge in [-0.1, -0.05) is 6.07 Å². The van der Waals surface area contributed by atoms with Crippen LogP contribution >= 0.6 is 0 Å². The number of rotatable bonds is 2. The molecular weight excluding hydrogens is 228 g/mol. The number of hydrogen-bond donors (Lipinski definition) is 1. The first kappa shape index (κ1) is 11.3. The SMILES string of the molecule is Cc1ccc(F)cc1Oc1nc(N)ncc1F. The van der Waals surface area contributed by atoms with E-state index in [0.29, 0.717) is 5.56 Å². The molecule has 2 rings (SSSR count). The van der Waals surface area contributed by atoms with Crippen molar-refractivity contribution in [1.29, 1.82) is 0 Å². The zero-order valence-electron chi connectivity index (χ0n) is 8.95. The Morgan fingerprint density at radius 2 is 2.06 bits per heavy atom. The highest BCUT2D eigenvalue weighted by Crippen LogP contribution is 2.26.